The molecule has 5 nitrogen and oxygen atoms in total. The predicted octanol–water partition coefficient (Wildman–Crippen LogP) is 2.75. The first-order valence-corrected chi connectivity index (χ1v) is 7.93. The second-order valence-electron chi connectivity index (χ2n) is 4.74. The van der Waals surface area contributed by atoms with Crippen LogP contribution in [-0.2, 0) is 4.79 Å². The number of carbonyl (C=O) groups is 2. The highest BCUT2D eigenvalue weighted by molar-refractivity contribution is 7.10. The number of halogens is 1. The molecule has 0 saturated carbocycles. The molecule has 22 heavy (non-hydrogen) atoms. The third-order valence-electron chi connectivity index (χ3n) is 3.28. The molecule has 2 heterocycles. The molecular formula is C15H16ClN3O2S. The number of nitrogens with zero attached hydrogens (tertiary/aromatic N) is 2. The lowest BCUT2D eigenvalue weighted by Crippen LogP contribution is -2.39. The average Bonchev–Trinajstić information content (AvgIpc) is 3.05. The van der Waals surface area contributed by atoms with E-state index in [0.29, 0.717) is 5.02 Å². The van der Waals surface area contributed by atoms with Gasteiger partial charge in [0.2, 0.25) is 5.91 Å². The van der Waals surface area contributed by atoms with Crippen LogP contribution in [-0.4, -0.2) is 35.3 Å². The number of likely N-dealkylation sites (N-methyl/N-ethyl adjacent to an activating group) is 1. The van der Waals surface area contributed by atoms with Gasteiger partial charge in [-0.25, -0.2) is 0 Å². The van der Waals surface area contributed by atoms with E-state index in [2.05, 4.69) is 10.3 Å². The summed E-state index contributed by atoms with van der Waals surface area (Å²) in [6.07, 6.45) is 1.45. The maximum absolute atomic E-state index is 12.2. The summed E-state index contributed by atoms with van der Waals surface area (Å²) >= 11 is 7.40. The number of nitrogens with one attached hydrogen (secondary N) is 1. The first-order chi connectivity index (χ1) is 10.5. The standard InChI is InChI=1S/C15H16ClN3O2S/c1-10(13-4-3-7-22-13)19(2)14(20)9-18-15(21)12-8-11(16)5-6-17-12/h3-8,10H,9H2,1-2H3,(H,18,21). The Morgan fingerprint density at radius 2 is 2.23 bits per heavy atom. The number of thiophene rings is 1. The lowest BCUT2D eigenvalue weighted by atomic mass is 10.2. The molecule has 0 bridgehead atoms. The van der Waals surface area contributed by atoms with Gasteiger partial charge in [-0.15, -0.1) is 11.3 Å². The zero-order valence-electron chi connectivity index (χ0n) is 12.2. The molecule has 1 N–H and O–H groups in total. The molecular weight excluding hydrogens is 322 g/mol. The summed E-state index contributed by atoms with van der Waals surface area (Å²) in [7, 11) is 1.72. The summed E-state index contributed by atoms with van der Waals surface area (Å²) in [6.45, 7) is 1.86. The molecule has 0 spiro atoms. The Hall–Kier alpha value is -1.92. The highest BCUT2D eigenvalue weighted by atomic mass is 35.5. The molecule has 0 aliphatic heterocycles. The van der Waals surface area contributed by atoms with E-state index in [1.54, 1.807) is 29.4 Å². The molecule has 0 radical (unpaired) electrons. The van der Waals surface area contributed by atoms with Crippen molar-refractivity contribution in [1.82, 2.24) is 15.2 Å². The number of pyridine rings is 1. The SMILES string of the molecule is CC(c1cccs1)N(C)C(=O)CNC(=O)c1cc(Cl)ccn1. The van der Waals surface area contributed by atoms with Gasteiger partial charge in [-0.3, -0.25) is 14.6 Å². The minimum absolute atomic E-state index is 0.0336. The van der Waals surface area contributed by atoms with Gasteiger partial charge in [0.1, 0.15) is 5.69 Å². The fraction of sp³-hybridized carbons (Fsp3) is 0.267. The van der Waals surface area contributed by atoms with Crippen LogP contribution in [0.1, 0.15) is 28.3 Å². The van der Waals surface area contributed by atoms with E-state index in [1.165, 1.54) is 12.3 Å². The van der Waals surface area contributed by atoms with Crippen molar-refractivity contribution in [3.05, 3.63) is 51.4 Å². The van der Waals surface area contributed by atoms with E-state index < -0.39 is 5.91 Å². The van der Waals surface area contributed by atoms with Crippen molar-refractivity contribution >= 4 is 34.8 Å². The van der Waals surface area contributed by atoms with E-state index in [9.17, 15) is 9.59 Å². The Bertz CT molecular complexity index is 661. The van der Waals surface area contributed by atoms with E-state index in [0.717, 1.165) is 4.88 Å². The summed E-state index contributed by atoms with van der Waals surface area (Å²) in [5, 5.41) is 4.95. The van der Waals surface area contributed by atoms with Gasteiger partial charge in [0.25, 0.3) is 5.91 Å². The summed E-state index contributed by atoms with van der Waals surface area (Å²) in [6, 6.07) is 6.93. The van der Waals surface area contributed by atoms with Gasteiger partial charge in [-0.1, -0.05) is 17.7 Å². The fourth-order valence-electron chi connectivity index (χ4n) is 1.84. The molecule has 1 atom stereocenters. The van der Waals surface area contributed by atoms with Crippen molar-refractivity contribution in [2.75, 3.05) is 13.6 Å². The molecule has 2 amide bonds. The monoisotopic (exact) mass is 337 g/mol. The summed E-state index contributed by atoms with van der Waals surface area (Å²) < 4.78 is 0. The topological polar surface area (TPSA) is 62.3 Å². The molecule has 2 aromatic rings. The Labute approximate surface area is 137 Å². The molecule has 0 aromatic carbocycles. The number of hydrogen-bond acceptors (Lipinski definition) is 4. The second-order valence-corrected chi connectivity index (χ2v) is 6.15. The molecule has 0 aliphatic carbocycles. The smallest absolute Gasteiger partial charge is 0.270 e. The van der Waals surface area contributed by atoms with Crippen molar-refractivity contribution in [3.8, 4) is 0 Å². The lowest BCUT2D eigenvalue weighted by molar-refractivity contribution is -0.130. The van der Waals surface area contributed by atoms with Crippen LogP contribution in [0.15, 0.2) is 35.8 Å². The van der Waals surface area contributed by atoms with E-state index >= 15 is 0 Å². The molecule has 0 aliphatic rings. The first kappa shape index (κ1) is 16.5. The van der Waals surface area contributed by atoms with Crippen LogP contribution in [0, 0.1) is 0 Å². The van der Waals surface area contributed by atoms with Crippen LogP contribution in [0.5, 0.6) is 0 Å². The van der Waals surface area contributed by atoms with Gasteiger partial charge in [-0.05, 0) is 30.5 Å². The van der Waals surface area contributed by atoms with Crippen LogP contribution in [0.2, 0.25) is 5.02 Å². The van der Waals surface area contributed by atoms with Crippen molar-refractivity contribution in [2.24, 2.45) is 0 Å². The van der Waals surface area contributed by atoms with Crippen LogP contribution < -0.4 is 5.32 Å². The molecule has 7 heteroatoms. The minimum atomic E-state index is -0.423. The maximum Gasteiger partial charge on any atom is 0.270 e. The van der Waals surface area contributed by atoms with E-state index in [-0.39, 0.29) is 24.2 Å². The molecule has 0 saturated heterocycles. The maximum atomic E-state index is 12.2. The van der Waals surface area contributed by atoms with Crippen molar-refractivity contribution in [1.29, 1.82) is 0 Å². The third-order valence-corrected chi connectivity index (χ3v) is 4.56. The highest BCUT2D eigenvalue weighted by Crippen LogP contribution is 2.23. The highest BCUT2D eigenvalue weighted by Gasteiger charge is 2.19. The number of hydrogen-bond donors (Lipinski definition) is 1. The second kappa shape index (κ2) is 7.38. The molecule has 0 fully saturated rings. The van der Waals surface area contributed by atoms with E-state index in [4.69, 9.17) is 11.6 Å². The van der Waals surface area contributed by atoms with Gasteiger partial charge >= 0.3 is 0 Å². The number of carbonyl (C=O) groups excluding carboxylic acids is 2. The van der Waals surface area contributed by atoms with Gasteiger partial charge < -0.3 is 10.2 Å². The average molecular weight is 338 g/mol. The predicted molar refractivity (Wildman–Crippen MR) is 87.1 cm³/mol. The van der Waals surface area contributed by atoms with Crippen molar-refractivity contribution < 1.29 is 9.59 Å². The van der Waals surface area contributed by atoms with Crippen LogP contribution >= 0.6 is 22.9 Å². The van der Waals surface area contributed by atoms with Crippen molar-refractivity contribution in [2.45, 2.75) is 13.0 Å². The van der Waals surface area contributed by atoms with Gasteiger partial charge in [0.15, 0.2) is 0 Å². The summed E-state index contributed by atoms with van der Waals surface area (Å²) in [5.41, 5.74) is 0.189. The first-order valence-electron chi connectivity index (χ1n) is 6.68. The minimum Gasteiger partial charge on any atom is -0.342 e. The Morgan fingerprint density at radius 1 is 1.45 bits per heavy atom. The van der Waals surface area contributed by atoms with Gasteiger partial charge in [-0.2, -0.15) is 0 Å². The Balaban J connectivity index is 1.91. The summed E-state index contributed by atoms with van der Waals surface area (Å²) in [4.78, 5) is 30.7. The molecule has 116 valence electrons. The fourth-order valence-corrected chi connectivity index (χ4v) is 2.82. The van der Waals surface area contributed by atoms with Crippen molar-refractivity contribution in [3.63, 3.8) is 0 Å². The van der Waals surface area contributed by atoms with Crippen LogP contribution in [0.25, 0.3) is 0 Å². The zero-order valence-corrected chi connectivity index (χ0v) is 13.8. The molecule has 2 aromatic heterocycles. The Morgan fingerprint density at radius 3 is 2.86 bits per heavy atom. The molecule has 1 unspecified atom stereocenters. The Kier molecular flexibility index (Phi) is 5.51. The van der Waals surface area contributed by atoms with Crippen LogP contribution in [0.4, 0.5) is 0 Å². The van der Waals surface area contributed by atoms with E-state index in [1.807, 2.05) is 24.4 Å². The lowest BCUT2D eigenvalue weighted by Gasteiger charge is -2.24. The molecule has 2 rings (SSSR count). The largest absolute Gasteiger partial charge is 0.342 e. The summed E-state index contributed by atoms with van der Waals surface area (Å²) in [5.74, 6) is -0.593. The number of aromatic nitrogens is 1. The third kappa shape index (κ3) is 4.05. The zero-order chi connectivity index (χ0) is 16.1. The number of rotatable bonds is 5. The van der Waals surface area contributed by atoms with Crippen LogP contribution in [0.3, 0.4) is 0 Å². The normalized spacial score (nSPS) is 11.8. The number of amides is 2. The van der Waals surface area contributed by atoms with Gasteiger partial charge in [0.05, 0.1) is 12.6 Å². The van der Waals surface area contributed by atoms with Gasteiger partial charge in [0, 0.05) is 23.1 Å². The quantitative estimate of drug-likeness (QED) is 0.912.